The zero-order chi connectivity index (χ0) is 46.2. The smallest absolute Gasteiger partial charge is 0.236 e. The number of hydrogen-bond acceptors (Lipinski definition) is 5. The molecule has 0 radical (unpaired) electrons. The van der Waals surface area contributed by atoms with E-state index in [4.69, 9.17) is 15.0 Å². The Hall–Kier alpha value is -10.1. The maximum Gasteiger partial charge on any atom is 0.236 e. The number of aromatic nitrogens is 6. The third kappa shape index (κ3) is 5.84. The van der Waals surface area contributed by atoms with E-state index in [2.05, 4.69) is 53.4 Å². The zero-order valence-electron chi connectivity index (χ0n) is 36.6. The minimum atomic E-state index is 0.127. The van der Waals surface area contributed by atoms with Crippen LogP contribution < -0.4 is 0 Å². The summed E-state index contributed by atoms with van der Waals surface area (Å²) in [7, 11) is 0. The van der Waals surface area contributed by atoms with E-state index < -0.39 is 0 Å². The first kappa shape index (κ1) is 39.2. The summed E-state index contributed by atoms with van der Waals surface area (Å²) in [6, 6.07) is 65.6. The Morgan fingerprint density at radius 1 is 0.362 bits per heavy atom. The standard InChI is InChI=1S/C60H33N9/c1-63-57-59(68-52-27-15-12-24-41(52)44-30-49(65-35-55(44)68)38-19-7-3-8-20-38)46(32-61)58(67-51-26-14-11-23-40(51)43-29-48(64-34-54(43)67)37-17-5-2-6-18-37)47(33-62)60(57)69-53-28-16-13-25-42(53)45-31-50(66-36-56(45)69)39-21-9-4-10-22-39/h2-31,34-36H. The van der Waals surface area contributed by atoms with Gasteiger partial charge < -0.3 is 13.7 Å². The first-order valence-electron chi connectivity index (χ1n) is 22.4. The Kier molecular flexibility index (Phi) is 8.82. The topological polar surface area (TPSA) is 105 Å². The van der Waals surface area contributed by atoms with Crippen LogP contribution in [-0.4, -0.2) is 28.7 Å². The highest BCUT2D eigenvalue weighted by molar-refractivity contribution is 6.15. The van der Waals surface area contributed by atoms with Crippen molar-refractivity contribution in [3.05, 3.63) is 223 Å². The molecule has 0 aliphatic rings. The highest BCUT2D eigenvalue weighted by Gasteiger charge is 2.33. The Morgan fingerprint density at radius 3 is 0.986 bits per heavy atom. The van der Waals surface area contributed by atoms with E-state index in [0.29, 0.717) is 33.6 Å². The van der Waals surface area contributed by atoms with Crippen LogP contribution in [0.2, 0.25) is 0 Å². The van der Waals surface area contributed by atoms with Gasteiger partial charge >= 0.3 is 0 Å². The van der Waals surface area contributed by atoms with Gasteiger partial charge in [0.2, 0.25) is 5.69 Å². The summed E-state index contributed by atoms with van der Waals surface area (Å²) >= 11 is 0. The Morgan fingerprint density at radius 2 is 0.667 bits per heavy atom. The van der Waals surface area contributed by atoms with Gasteiger partial charge in [0.05, 0.1) is 104 Å². The molecule has 0 unspecified atom stereocenters. The van der Waals surface area contributed by atoms with Crippen LogP contribution in [0.1, 0.15) is 11.1 Å². The average Bonchev–Trinajstić information content (AvgIpc) is 4.05. The lowest BCUT2D eigenvalue weighted by molar-refractivity contribution is 1.07. The summed E-state index contributed by atoms with van der Waals surface area (Å²) in [5.74, 6) is 0. The maximum atomic E-state index is 11.9. The number of para-hydroxylation sites is 3. The molecule has 13 rings (SSSR count). The van der Waals surface area contributed by atoms with Gasteiger partial charge in [-0.25, -0.2) is 4.85 Å². The van der Waals surface area contributed by atoms with Crippen LogP contribution in [0.15, 0.2) is 201 Å². The van der Waals surface area contributed by atoms with Crippen molar-refractivity contribution in [1.29, 1.82) is 10.5 Å². The van der Waals surface area contributed by atoms with Crippen LogP contribution >= 0.6 is 0 Å². The lowest BCUT2D eigenvalue weighted by Gasteiger charge is -2.23. The second kappa shape index (κ2) is 15.5. The molecule has 318 valence electrons. The minimum Gasteiger partial charge on any atom is -0.316 e. The van der Waals surface area contributed by atoms with E-state index in [9.17, 15) is 17.1 Å². The SMILES string of the molecule is [C-]#[N+]c1c(-n2c3ccccc3c3cc(-c4ccccc4)ncc32)c(C#N)c(-n2c3ccccc3c3cc(-c4ccccc4)ncc32)c(C#N)c1-n1c2ccccc2c2cc(-c3ccccc3)ncc21. The zero-order valence-corrected chi connectivity index (χ0v) is 36.6. The van der Waals surface area contributed by atoms with Crippen molar-refractivity contribution in [2.45, 2.75) is 0 Å². The van der Waals surface area contributed by atoms with Gasteiger partial charge in [-0.15, -0.1) is 0 Å². The van der Waals surface area contributed by atoms with E-state index in [1.807, 2.05) is 178 Å². The third-order valence-corrected chi connectivity index (χ3v) is 13.3. The number of hydrogen-bond donors (Lipinski definition) is 0. The Labute approximate surface area is 394 Å². The highest BCUT2D eigenvalue weighted by atomic mass is 15.1. The van der Waals surface area contributed by atoms with Crippen molar-refractivity contribution in [2.24, 2.45) is 0 Å². The Bertz CT molecular complexity index is 3920. The molecule has 0 saturated carbocycles. The van der Waals surface area contributed by atoms with E-state index in [-0.39, 0.29) is 16.8 Å². The quantitative estimate of drug-likeness (QED) is 0.155. The van der Waals surface area contributed by atoms with Gasteiger partial charge in [-0.2, -0.15) is 10.5 Å². The summed E-state index contributed by atoms with van der Waals surface area (Å²) in [6.07, 6.45) is 5.48. The van der Waals surface area contributed by atoms with E-state index in [1.54, 1.807) is 0 Å². The fourth-order valence-electron chi connectivity index (χ4n) is 10.3. The molecule has 0 atom stereocenters. The van der Waals surface area contributed by atoms with Gasteiger partial charge in [0.1, 0.15) is 12.1 Å². The fraction of sp³-hybridized carbons (Fsp3) is 0. The van der Waals surface area contributed by atoms with Crippen LogP contribution in [-0.2, 0) is 0 Å². The highest BCUT2D eigenvalue weighted by Crippen LogP contribution is 2.49. The Balaban J connectivity index is 1.22. The molecule has 0 N–H and O–H groups in total. The lowest BCUT2D eigenvalue weighted by Crippen LogP contribution is -2.12. The van der Waals surface area contributed by atoms with Crippen LogP contribution in [0.3, 0.4) is 0 Å². The summed E-state index contributed by atoms with van der Waals surface area (Å²) in [4.78, 5) is 19.4. The lowest BCUT2D eigenvalue weighted by atomic mass is 9.99. The van der Waals surface area contributed by atoms with Crippen molar-refractivity contribution in [3.8, 4) is 63.0 Å². The fourth-order valence-corrected chi connectivity index (χ4v) is 10.3. The monoisotopic (exact) mass is 879 g/mol. The van der Waals surface area contributed by atoms with Gasteiger partial charge in [0.15, 0.2) is 0 Å². The van der Waals surface area contributed by atoms with Crippen LogP contribution in [0.25, 0.3) is 121 Å². The summed E-state index contributed by atoms with van der Waals surface area (Å²) < 4.78 is 5.97. The normalized spacial score (nSPS) is 11.4. The van der Waals surface area contributed by atoms with Gasteiger partial charge in [0, 0.05) is 49.0 Å². The third-order valence-electron chi connectivity index (χ3n) is 13.3. The van der Waals surface area contributed by atoms with Gasteiger partial charge in [-0.3, -0.25) is 15.0 Å². The molecular weight excluding hydrogens is 847 g/mol. The molecule has 9 heteroatoms. The number of fused-ring (bicyclic) bond motifs is 9. The predicted molar refractivity (Wildman–Crippen MR) is 275 cm³/mol. The molecule has 0 aliphatic carbocycles. The molecule has 0 saturated heterocycles. The molecule has 0 amide bonds. The molecule has 6 aromatic heterocycles. The molecule has 6 heterocycles. The molecule has 0 aliphatic heterocycles. The summed E-state index contributed by atoms with van der Waals surface area (Å²) in [6.45, 7) is 9.24. The first-order valence-corrected chi connectivity index (χ1v) is 22.4. The maximum absolute atomic E-state index is 11.9. The van der Waals surface area contributed by atoms with Crippen LogP contribution in [0.5, 0.6) is 0 Å². The second-order valence-corrected chi connectivity index (χ2v) is 16.9. The van der Waals surface area contributed by atoms with Crippen molar-refractivity contribution >= 4 is 71.1 Å². The van der Waals surface area contributed by atoms with Crippen molar-refractivity contribution in [1.82, 2.24) is 28.7 Å². The predicted octanol–water partition coefficient (Wildman–Crippen LogP) is 14.5. The molecule has 7 aromatic carbocycles. The first-order chi connectivity index (χ1) is 34.1. The van der Waals surface area contributed by atoms with Gasteiger partial charge in [0.25, 0.3) is 0 Å². The minimum absolute atomic E-state index is 0.127. The van der Waals surface area contributed by atoms with Crippen LogP contribution in [0, 0.1) is 29.2 Å². The number of pyridine rings is 3. The second-order valence-electron chi connectivity index (χ2n) is 16.9. The van der Waals surface area contributed by atoms with E-state index in [0.717, 1.165) is 82.6 Å². The van der Waals surface area contributed by atoms with E-state index in [1.165, 1.54) is 0 Å². The largest absolute Gasteiger partial charge is 0.316 e. The summed E-state index contributed by atoms with van der Waals surface area (Å²) in [5, 5.41) is 29.2. The molecule has 0 bridgehead atoms. The number of nitriles is 2. The van der Waals surface area contributed by atoms with Crippen molar-refractivity contribution in [3.63, 3.8) is 0 Å². The van der Waals surface area contributed by atoms with Gasteiger partial charge in [-0.05, 0) is 36.4 Å². The van der Waals surface area contributed by atoms with Gasteiger partial charge in [-0.1, -0.05) is 146 Å². The number of benzene rings is 7. The van der Waals surface area contributed by atoms with Crippen LogP contribution in [0.4, 0.5) is 5.69 Å². The molecule has 13 aromatic rings. The average molecular weight is 880 g/mol. The van der Waals surface area contributed by atoms with Crippen molar-refractivity contribution < 1.29 is 0 Å². The molecule has 9 nitrogen and oxygen atoms in total. The summed E-state index contributed by atoms with van der Waals surface area (Å²) in [5.41, 5.74) is 11.1. The molecule has 69 heavy (non-hydrogen) atoms. The molecular formula is C60H33N9. The number of nitrogens with zero attached hydrogens (tertiary/aromatic N) is 9. The van der Waals surface area contributed by atoms with Crippen molar-refractivity contribution in [2.75, 3.05) is 0 Å². The molecule has 0 fully saturated rings. The number of rotatable bonds is 6. The molecule has 0 spiro atoms. The van der Waals surface area contributed by atoms with E-state index >= 15 is 0 Å².